The van der Waals surface area contributed by atoms with Crippen molar-refractivity contribution in [2.24, 2.45) is 0 Å². The summed E-state index contributed by atoms with van der Waals surface area (Å²) < 4.78 is 24.4. The summed E-state index contributed by atoms with van der Waals surface area (Å²) in [5.41, 5.74) is 1.01. The zero-order valence-electron chi connectivity index (χ0n) is 16.9. The Bertz CT molecular complexity index is 612. The molecule has 0 aromatic heterocycles. The minimum atomic E-state index is -1.86. The Morgan fingerprint density at radius 2 is 1.88 bits per heavy atom. The molecule has 4 nitrogen and oxygen atoms in total. The van der Waals surface area contributed by atoms with Gasteiger partial charge in [-0.25, -0.2) is 0 Å². The first-order chi connectivity index (χ1) is 12.2. The fraction of sp³-hybridized carbons (Fsp3) is 0.619. The Morgan fingerprint density at radius 1 is 1.19 bits per heavy atom. The first-order valence-electron chi connectivity index (χ1n) is 9.22. The second-order valence-electron chi connectivity index (χ2n) is 8.10. The molecule has 1 aliphatic rings. The lowest BCUT2D eigenvalue weighted by atomic mass is 10.1. The van der Waals surface area contributed by atoms with Crippen LogP contribution in [0.25, 0.3) is 0 Å². The van der Waals surface area contributed by atoms with E-state index in [2.05, 4.69) is 45.7 Å². The van der Waals surface area contributed by atoms with E-state index in [-0.39, 0.29) is 23.5 Å². The van der Waals surface area contributed by atoms with Gasteiger partial charge in [0.2, 0.25) is 0 Å². The summed E-state index contributed by atoms with van der Waals surface area (Å²) in [7, 11) is -1.86. The molecule has 1 saturated heterocycles. The predicted octanol–water partition coefficient (Wildman–Crippen LogP) is 4.53. The van der Waals surface area contributed by atoms with E-state index in [0.29, 0.717) is 19.8 Å². The number of hydrogen-bond acceptors (Lipinski definition) is 4. The molecule has 0 radical (unpaired) electrons. The normalized spacial score (nSPS) is 24.0. The van der Waals surface area contributed by atoms with E-state index in [4.69, 9.17) is 18.6 Å². The van der Waals surface area contributed by atoms with Gasteiger partial charge in [-0.1, -0.05) is 57.0 Å². The Kier molecular flexibility index (Phi) is 7.45. The molecule has 0 unspecified atom stereocenters. The van der Waals surface area contributed by atoms with E-state index in [1.54, 1.807) is 6.92 Å². The molecular weight excluding hydrogens is 344 g/mol. The second-order valence-corrected chi connectivity index (χ2v) is 12.9. The standard InChI is InChI=1S/C21H32O4Si/c1-7-8-14-22-18-15-23-20(17-12-10-9-11-13-17)25-19(18)16-24-26(5,6)21(2,3)4/h9-13,18-20H,14-16H2,1-6H3/t18-,19-,20+/m1/s1. The van der Waals surface area contributed by atoms with Crippen molar-refractivity contribution >= 4 is 8.32 Å². The summed E-state index contributed by atoms with van der Waals surface area (Å²) in [6, 6.07) is 9.99. The fourth-order valence-corrected chi connectivity index (χ4v) is 3.40. The van der Waals surface area contributed by atoms with Crippen LogP contribution in [-0.4, -0.2) is 40.3 Å². The van der Waals surface area contributed by atoms with Gasteiger partial charge in [-0.2, -0.15) is 0 Å². The highest BCUT2D eigenvalue weighted by atomic mass is 28.4. The first-order valence-corrected chi connectivity index (χ1v) is 12.1. The average molecular weight is 377 g/mol. The van der Waals surface area contributed by atoms with Gasteiger partial charge in [-0.15, -0.1) is 5.92 Å². The summed E-state index contributed by atoms with van der Waals surface area (Å²) in [4.78, 5) is 0. The molecule has 1 aliphatic heterocycles. The van der Waals surface area contributed by atoms with Crippen LogP contribution >= 0.6 is 0 Å². The van der Waals surface area contributed by atoms with Crippen molar-refractivity contribution in [2.75, 3.05) is 19.8 Å². The van der Waals surface area contributed by atoms with E-state index in [1.807, 2.05) is 30.3 Å². The van der Waals surface area contributed by atoms with Gasteiger partial charge in [-0.3, -0.25) is 0 Å². The lowest BCUT2D eigenvalue weighted by Crippen LogP contribution is -2.49. The highest BCUT2D eigenvalue weighted by molar-refractivity contribution is 6.74. The third-order valence-electron chi connectivity index (χ3n) is 5.16. The quantitative estimate of drug-likeness (QED) is 0.540. The third-order valence-corrected chi connectivity index (χ3v) is 9.66. The first kappa shape index (κ1) is 21.1. The molecule has 1 fully saturated rings. The van der Waals surface area contributed by atoms with Crippen molar-refractivity contribution in [2.45, 2.75) is 64.3 Å². The van der Waals surface area contributed by atoms with E-state index in [9.17, 15) is 0 Å². The fourth-order valence-electron chi connectivity index (χ4n) is 2.39. The number of rotatable bonds is 6. The second kappa shape index (κ2) is 9.16. The van der Waals surface area contributed by atoms with Gasteiger partial charge in [0.05, 0.1) is 13.2 Å². The van der Waals surface area contributed by atoms with Crippen LogP contribution in [0.1, 0.15) is 39.5 Å². The molecule has 0 aliphatic carbocycles. The van der Waals surface area contributed by atoms with E-state index in [1.165, 1.54) is 0 Å². The molecule has 0 spiro atoms. The molecule has 1 heterocycles. The van der Waals surface area contributed by atoms with Gasteiger partial charge in [0.1, 0.15) is 18.8 Å². The number of hydrogen-bond donors (Lipinski definition) is 0. The molecule has 1 aromatic rings. The van der Waals surface area contributed by atoms with Crippen LogP contribution in [0.3, 0.4) is 0 Å². The maximum atomic E-state index is 6.40. The van der Waals surface area contributed by atoms with Crippen LogP contribution in [0.5, 0.6) is 0 Å². The highest BCUT2D eigenvalue weighted by Gasteiger charge is 2.40. The molecule has 0 bridgehead atoms. The summed E-state index contributed by atoms with van der Waals surface area (Å²) in [6.45, 7) is 14.4. The van der Waals surface area contributed by atoms with Crippen LogP contribution in [0.15, 0.2) is 30.3 Å². The smallest absolute Gasteiger partial charge is 0.192 e. The Morgan fingerprint density at radius 3 is 2.50 bits per heavy atom. The highest BCUT2D eigenvalue weighted by Crippen LogP contribution is 2.37. The van der Waals surface area contributed by atoms with Crippen LogP contribution in [0.2, 0.25) is 18.1 Å². The van der Waals surface area contributed by atoms with Crippen molar-refractivity contribution in [3.63, 3.8) is 0 Å². The van der Waals surface area contributed by atoms with E-state index >= 15 is 0 Å². The molecule has 0 saturated carbocycles. The molecule has 0 amide bonds. The van der Waals surface area contributed by atoms with Gasteiger partial charge in [0.15, 0.2) is 14.6 Å². The zero-order chi connectivity index (χ0) is 19.2. The molecule has 3 atom stereocenters. The average Bonchev–Trinajstić information content (AvgIpc) is 2.60. The third kappa shape index (κ3) is 5.67. The molecular formula is C21H32O4Si. The Labute approximate surface area is 159 Å². The van der Waals surface area contributed by atoms with Gasteiger partial charge in [0.25, 0.3) is 0 Å². The van der Waals surface area contributed by atoms with Crippen molar-refractivity contribution in [1.29, 1.82) is 0 Å². The largest absolute Gasteiger partial charge is 0.414 e. The van der Waals surface area contributed by atoms with Crippen LogP contribution < -0.4 is 0 Å². The van der Waals surface area contributed by atoms with Gasteiger partial charge < -0.3 is 18.6 Å². The topological polar surface area (TPSA) is 36.9 Å². The molecule has 26 heavy (non-hydrogen) atoms. The van der Waals surface area contributed by atoms with Gasteiger partial charge in [0, 0.05) is 5.56 Å². The van der Waals surface area contributed by atoms with Crippen molar-refractivity contribution in [3.05, 3.63) is 35.9 Å². The Hall–Kier alpha value is -1.16. The van der Waals surface area contributed by atoms with Crippen molar-refractivity contribution in [1.82, 2.24) is 0 Å². The summed E-state index contributed by atoms with van der Waals surface area (Å²) in [5, 5.41) is 0.154. The lowest BCUT2D eigenvalue weighted by Gasteiger charge is -2.40. The predicted molar refractivity (Wildman–Crippen MR) is 106 cm³/mol. The van der Waals surface area contributed by atoms with E-state index in [0.717, 1.165) is 5.56 Å². The van der Waals surface area contributed by atoms with Crippen LogP contribution in [-0.2, 0) is 18.6 Å². The monoisotopic (exact) mass is 376 g/mol. The SMILES string of the molecule is CC#CCO[C@@H]1CO[C@H](c2ccccc2)O[C@@H]1CO[Si](C)(C)C(C)(C)C. The summed E-state index contributed by atoms with van der Waals surface area (Å²) >= 11 is 0. The summed E-state index contributed by atoms with van der Waals surface area (Å²) in [6.07, 6.45) is -0.747. The van der Waals surface area contributed by atoms with Crippen LogP contribution in [0, 0.1) is 11.8 Å². The van der Waals surface area contributed by atoms with Gasteiger partial charge >= 0.3 is 0 Å². The molecule has 1 aromatic carbocycles. The Balaban J connectivity index is 2.07. The minimum absolute atomic E-state index is 0.154. The number of ether oxygens (including phenoxy) is 3. The lowest BCUT2D eigenvalue weighted by molar-refractivity contribution is -0.268. The van der Waals surface area contributed by atoms with Crippen molar-refractivity contribution in [3.8, 4) is 11.8 Å². The summed E-state index contributed by atoms with van der Waals surface area (Å²) in [5.74, 6) is 5.79. The maximum absolute atomic E-state index is 6.40. The van der Waals surface area contributed by atoms with E-state index < -0.39 is 8.32 Å². The van der Waals surface area contributed by atoms with Crippen molar-refractivity contribution < 1.29 is 18.6 Å². The maximum Gasteiger partial charge on any atom is 0.192 e. The number of benzene rings is 1. The minimum Gasteiger partial charge on any atom is -0.414 e. The molecule has 5 heteroatoms. The zero-order valence-corrected chi connectivity index (χ0v) is 17.9. The molecule has 144 valence electrons. The van der Waals surface area contributed by atoms with Gasteiger partial charge in [-0.05, 0) is 25.1 Å². The molecule has 2 rings (SSSR count). The molecule has 0 N–H and O–H groups in total. The van der Waals surface area contributed by atoms with Crippen LogP contribution in [0.4, 0.5) is 0 Å².